The molecule has 1 N–H and O–H groups in total. The first-order valence-corrected chi connectivity index (χ1v) is 9.09. The molecule has 0 saturated heterocycles. The fraction of sp³-hybridized carbons (Fsp3) is 0.278. The van der Waals surface area contributed by atoms with E-state index in [9.17, 15) is 4.79 Å². The minimum absolute atomic E-state index is 0.112. The molecule has 2 heterocycles. The summed E-state index contributed by atoms with van der Waals surface area (Å²) in [6.45, 7) is 0. The highest BCUT2D eigenvalue weighted by molar-refractivity contribution is 7.13. The Morgan fingerprint density at radius 2 is 2.08 bits per heavy atom. The summed E-state index contributed by atoms with van der Waals surface area (Å²) >= 11 is 1.60. The van der Waals surface area contributed by atoms with Gasteiger partial charge >= 0.3 is 6.01 Å². The molecule has 7 heteroatoms. The van der Waals surface area contributed by atoms with Crippen molar-refractivity contribution < 1.29 is 9.53 Å². The molecule has 1 fully saturated rings. The second-order valence-corrected chi connectivity index (χ2v) is 6.92. The summed E-state index contributed by atoms with van der Waals surface area (Å²) in [4.78, 5) is 17.5. The predicted molar refractivity (Wildman–Crippen MR) is 97.2 cm³/mol. The average molecular weight is 354 g/mol. The molecule has 0 spiro atoms. The van der Waals surface area contributed by atoms with Crippen molar-refractivity contribution in [1.29, 1.82) is 0 Å². The van der Waals surface area contributed by atoms with Crippen LogP contribution in [-0.4, -0.2) is 27.8 Å². The number of anilines is 1. The van der Waals surface area contributed by atoms with E-state index in [2.05, 4.69) is 15.4 Å². The van der Waals surface area contributed by atoms with E-state index in [0.29, 0.717) is 6.01 Å². The summed E-state index contributed by atoms with van der Waals surface area (Å²) in [5.41, 5.74) is 1.66. The van der Waals surface area contributed by atoms with Crippen molar-refractivity contribution in [1.82, 2.24) is 14.8 Å². The van der Waals surface area contributed by atoms with E-state index in [1.165, 1.54) is 0 Å². The number of ether oxygens (including phenoxy) is 1. The number of methoxy groups -OCH3 is 1. The van der Waals surface area contributed by atoms with Crippen molar-refractivity contribution in [3.05, 3.63) is 41.8 Å². The molecular formula is C18H18N4O2S. The van der Waals surface area contributed by atoms with E-state index in [1.807, 2.05) is 41.8 Å². The number of rotatable bonds is 5. The van der Waals surface area contributed by atoms with E-state index in [1.54, 1.807) is 23.1 Å². The molecule has 3 aromatic rings. The van der Waals surface area contributed by atoms with Gasteiger partial charge < -0.3 is 10.1 Å². The number of nitrogens with zero attached hydrogens (tertiary/aromatic N) is 3. The van der Waals surface area contributed by atoms with Crippen molar-refractivity contribution in [2.75, 3.05) is 12.4 Å². The lowest BCUT2D eigenvalue weighted by Crippen LogP contribution is -2.27. The molecule has 0 unspecified atom stereocenters. The van der Waals surface area contributed by atoms with Gasteiger partial charge in [0.15, 0.2) is 5.82 Å². The highest BCUT2D eigenvalue weighted by atomic mass is 32.1. The van der Waals surface area contributed by atoms with Gasteiger partial charge in [0.05, 0.1) is 17.7 Å². The smallest absolute Gasteiger partial charge is 0.336 e. The molecule has 1 aliphatic rings. The van der Waals surface area contributed by atoms with Crippen molar-refractivity contribution in [2.45, 2.75) is 19.3 Å². The van der Waals surface area contributed by atoms with Gasteiger partial charge in [0.25, 0.3) is 0 Å². The lowest BCUT2D eigenvalue weighted by atomic mass is 9.85. The van der Waals surface area contributed by atoms with Crippen LogP contribution in [0.15, 0.2) is 41.8 Å². The van der Waals surface area contributed by atoms with Gasteiger partial charge in [-0.25, -0.2) is 4.68 Å². The number of thiophene rings is 1. The zero-order valence-electron chi connectivity index (χ0n) is 13.8. The van der Waals surface area contributed by atoms with E-state index >= 15 is 0 Å². The normalized spacial score (nSPS) is 14.1. The summed E-state index contributed by atoms with van der Waals surface area (Å²) in [5.74, 6) is 1.02. The van der Waals surface area contributed by atoms with Crippen LogP contribution in [-0.2, 0) is 4.79 Å². The third kappa shape index (κ3) is 3.15. The molecule has 1 amide bonds. The van der Waals surface area contributed by atoms with Gasteiger partial charge in [0, 0.05) is 11.6 Å². The van der Waals surface area contributed by atoms with Gasteiger partial charge in [-0.2, -0.15) is 4.98 Å². The first kappa shape index (κ1) is 15.8. The maximum Gasteiger partial charge on any atom is 0.336 e. The van der Waals surface area contributed by atoms with Crippen LogP contribution in [0.5, 0.6) is 6.01 Å². The van der Waals surface area contributed by atoms with Crippen LogP contribution < -0.4 is 10.1 Å². The third-order valence-electron chi connectivity index (χ3n) is 4.37. The molecular weight excluding hydrogens is 336 g/mol. The lowest BCUT2D eigenvalue weighted by molar-refractivity contribution is -0.122. The van der Waals surface area contributed by atoms with Gasteiger partial charge in [0.2, 0.25) is 5.91 Å². The van der Waals surface area contributed by atoms with Gasteiger partial charge in [-0.15, -0.1) is 16.4 Å². The molecule has 1 aromatic carbocycles. The quantitative estimate of drug-likeness (QED) is 0.758. The van der Waals surface area contributed by atoms with Gasteiger partial charge in [-0.3, -0.25) is 4.79 Å². The van der Waals surface area contributed by atoms with Crippen LogP contribution in [0.25, 0.3) is 16.4 Å². The van der Waals surface area contributed by atoms with Crippen LogP contribution in [0.3, 0.4) is 0 Å². The average Bonchev–Trinajstić information content (AvgIpc) is 3.23. The molecule has 2 aromatic heterocycles. The summed E-state index contributed by atoms with van der Waals surface area (Å²) in [5, 5.41) is 9.37. The number of aromatic nitrogens is 3. The molecule has 128 valence electrons. The molecule has 0 aliphatic heterocycles. The molecule has 0 radical (unpaired) electrons. The zero-order valence-corrected chi connectivity index (χ0v) is 14.6. The second kappa shape index (κ2) is 6.68. The minimum Gasteiger partial charge on any atom is -0.466 e. The summed E-state index contributed by atoms with van der Waals surface area (Å²) in [7, 11) is 1.55. The number of nitrogens with one attached hydrogen (secondary N) is 1. The summed E-state index contributed by atoms with van der Waals surface area (Å²) < 4.78 is 6.93. The third-order valence-corrected chi connectivity index (χ3v) is 5.23. The topological polar surface area (TPSA) is 69.0 Å². The Morgan fingerprint density at radius 3 is 2.68 bits per heavy atom. The maximum atomic E-state index is 12.0. The number of benzene rings is 1. The number of amides is 1. The summed E-state index contributed by atoms with van der Waals surface area (Å²) in [6.07, 6.45) is 3.14. The first-order chi connectivity index (χ1) is 12.2. The molecule has 25 heavy (non-hydrogen) atoms. The molecule has 1 saturated carbocycles. The van der Waals surface area contributed by atoms with E-state index in [4.69, 9.17) is 4.74 Å². The van der Waals surface area contributed by atoms with Crippen LogP contribution in [0.1, 0.15) is 19.3 Å². The Bertz CT molecular complexity index is 867. The fourth-order valence-corrected chi connectivity index (χ4v) is 3.42. The fourth-order valence-electron chi connectivity index (χ4n) is 2.73. The molecule has 4 rings (SSSR count). The van der Waals surface area contributed by atoms with Gasteiger partial charge in [-0.1, -0.05) is 12.5 Å². The van der Waals surface area contributed by atoms with Gasteiger partial charge in [0.1, 0.15) is 0 Å². The lowest BCUT2D eigenvalue weighted by Gasteiger charge is -2.24. The van der Waals surface area contributed by atoms with Crippen LogP contribution in [0.4, 0.5) is 5.69 Å². The molecule has 1 aliphatic carbocycles. The Balaban J connectivity index is 1.59. The van der Waals surface area contributed by atoms with E-state index in [-0.39, 0.29) is 11.8 Å². The second-order valence-electron chi connectivity index (χ2n) is 5.98. The van der Waals surface area contributed by atoms with Crippen molar-refractivity contribution in [3.8, 4) is 22.4 Å². The first-order valence-electron chi connectivity index (χ1n) is 8.21. The number of hydrogen-bond acceptors (Lipinski definition) is 5. The molecule has 0 bridgehead atoms. The predicted octanol–water partition coefficient (Wildman–Crippen LogP) is 3.74. The zero-order chi connectivity index (χ0) is 17.2. The standard InChI is InChI=1S/C18H18N4O2S/c1-24-18-20-16(15-6-3-11-25-15)22(21-18)14-9-7-13(8-10-14)19-17(23)12-4-2-5-12/h3,6-12H,2,4-5H2,1H3,(H,19,23). The maximum absolute atomic E-state index is 12.0. The molecule has 0 atom stereocenters. The largest absolute Gasteiger partial charge is 0.466 e. The monoisotopic (exact) mass is 354 g/mol. The minimum atomic E-state index is 0.112. The Hall–Kier alpha value is -2.67. The highest BCUT2D eigenvalue weighted by Crippen LogP contribution is 2.29. The Morgan fingerprint density at radius 1 is 1.28 bits per heavy atom. The van der Waals surface area contributed by atoms with Crippen LogP contribution in [0.2, 0.25) is 0 Å². The number of carbonyl (C=O) groups is 1. The van der Waals surface area contributed by atoms with Crippen LogP contribution >= 0.6 is 11.3 Å². The molecule has 6 nitrogen and oxygen atoms in total. The van der Waals surface area contributed by atoms with E-state index < -0.39 is 0 Å². The van der Waals surface area contributed by atoms with Crippen LogP contribution in [0, 0.1) is 5.92 Å². The summed E-state index contributed by atoms with van der Waals surface area (Å²) in [6, 6.07) is 11.9. The van der Waals surface area contributed by atoms with Crippen molar-refractivity contribution >= 4 is 22.9 Å². The number of carbonyl (C=O) groups excluding carboxylic acids is 1. The highest BCUT2D eigenvalue weighted by Gasteiger charge is 2.25. The van der Waals surface area contributed by atoms with Crippen molar-refractivity contribution in [2.24, 2.45) is 5.92 Å². The Kier molecular flexibility index (Phi) is 4.23. The number of hydrogen-bond donors (Lipinski definition) is 1. The SMILES string of the molecule is COc1nc(-c2cccs2)n(-c2ccc(NC(=O)C3CCC3)cc2)n1. The van der Waals surface area contributed by atoms with E-state index in [0.717, 1.165) is 41.3 Å². The Labute approximate surface area is 149 Å². The van der Waals surface area contributed by atoms with Crippen molar-refractivity contribution in [3.63, 3.8) is 0 Å². The van der Waals surface area contributed by atoms with Gasteiger partial charge in [-0.05, 0) is 48.6 Å².